The van der Waals surface area contributed by atoms with Gasteiger partial charge in [-0.15, -0.1) is 0 Å². The van der Waals surface area contributed by atoms with Crippen molar-refractivity contribution in [2.45, 2.75) is 45.1 Å². The van der Waals surface area contributed by atoms with E-state index in [1.165, 1.54) is 16.7 Å². The zero-order chi connectivity index (χ0) is 23.2. The second kappa shape index (κ2) is 14.1. The second-order valence-electron chi connectivity index (χ2n) is 8.07. The molecule has 3 rings (SSSR count). The summed E-state index contributed by atoms with van der Waals surface area (Å²) in [5.74, 6) is 0. The van der Waals surface area contributed by atoms with Gasteiger partial charge in [0.2, 0.25) is 0 Å². The summed E-state index contributed by atoms with van der Waals surface area (Å²) in [4.78, 5) is 22.7. The highest BCUT2D eigenvalue weighted by atomic mass is 16.3. The predicted octanol–water partition coefficient (Wildman–Crippen LogP) is 3.42. The first kappa shape index (κ1) is 25.2. The van der Waals surface area contributed by atoms with Crippen LogP contribution in [0.2, 0.25) is 0 Å². The molecule has 0 unspecified atom stereocenters. The van der Waals surface area contributed by atoms with Crippen LogP contribution in [-0.2, 0) is 17.6 Å². The van der Waals surface area contributed by atoms with Crippen LogP contribution in [-0.4, -0.2) is 54.7 Å². The molecule has 1 heterocycles. The molecule has 0 spiro atoms. The van der Waals surface area contributed by atoms with Crippen LogP contribution in [0.4, 0.5) is 10.5 Å². The van der Waals surface area contributed by atoms with Gasteiger partial charge in [0.1, 0.15) is 0 Å². The van der Waals surface area contributed by atoms with E-state index in [0.29, 0.717) is 12.6 Å². The van der Waals surface area contributed by atoms with Crippen LogP contribution < -0.4 is 16.4 Å². The van der Waals surface area contributed by atoms with Gasteiger partial charge in [-0.2, -0.15) is 0 Å². The van der Waals surface area contributed by atoms with Gasteiger partial charge in [-0.05, 0) is 68.8 Å². The monoisotopic (exact) mass is 440 g/mol. The summed E-state index contributed by atoms with van der Waals surface area (Å²) in [5.41, 5.74) is 10.6. The van der Waals surface area contributed by atoms with Crippen molar-refractivity contribution < 1.29 is 14.7 Å². The summed E-state index contributed by atoms with van der Waals surface area (Å²) in [7, 11) is 0. The van der Waals surface area contributed by atoms with E-state index < -0.39 is 0 Å². The molecular weight excluding hydrogens is 404 g/mol. The topological polar surface area (TPSA) is 108 Å². The molecule has 5 N–H and O–H groups in total. The number of hydrogen-bond acceptors (Lipinski definition) is 4. The van der Waals surface area contributed by atoms with Gasteiger partial charge in [-0.1, -0.05) is 42.0 Å². The number of likely N-dealkylation sites (tertiary alicyclic amines) is 1. The third kappa shape index (κ3) is 8.98. The fourth-order valence-electron chi connectivity index (χ4n) is 3.75. The van der Waals surface area contributed by atoms with Gasteiger partial charge in [0.25, 0.3) is 6.47 Å². The Morgan fingerprint density at radius 2 is 1.62 bits per heavy atom. The highest BCUT2D eigenvalue weighted by Gasteiger charge is 2.22. The Bertz CT molecular complexity index is 801. The summed E-state index contributed by atoms with van der Waals surface area (Å²) in [6, 6.07) is 17.6. The largest absolute Gasteiger partial charge is 0.483 e. The molecule has 0 bridgehead atoms. The maximum absolute atomic E-state index is 12.4. The van der Waals surface area contributed by atoms with Crippen LogP contribution in [0.1, 0.15) is 36.0 Å². The van der Waals surface area contributed by atoms with Crippen molar-refractivity contribution in [1.82, 2.24) is 10.2 Å². The fourth-order valence-corrected chi connectivity index (χ4v) is 3.75. The molecule has 2 aromatic carbocycles. The van der Waals surface area contributed by atoms with E-state index in [1.54, 1.807) is 0 Å². The number of amides is 2. The number of nitrogens with zero attached hydrogens (tertiary/aromatic N) is 1. The summed E-state index contributed by atoms with van der Waals surface area (Å²) in [5, 5.41) is 13.6. The van der Waals surface area contributed by atoms with Gasteiger partial charge >= 0.3 is 6.03 Å². The number of nitrogens with one attached hydrogen (secondary N) is 2. The van der Waals surface area contributed by atoms with Gasteiger partial charge in [-0.3, -0.25) is 4.79 Å². The Hall–Kier alpha value is -3.06. The fraction of sp³-hybridized carbons (Fsp3) is 0.440. The molecule has 2 aromatic rings. The minimum atomic E-state index is -0.250. The maximum Gasteiger partial charge on any atom is 0.317 e. The number of aryl methyl sites for hydroxylation is 2. The number of nitrogens with two attached hydrogens (primary N) is 1. The molecule has 1 saturated heterocycles. The van der Waals surface area contributed by atoms with Crippen molar-refractivity contribution in [2.75, 3.05) is 31.5 Å². The van der Waals surface area contributed by atoms with Crippen molar-refractivity contribution in [3.05, 3.63) is 65.2 Å². The average Bonchev–Trinajstić information content (AvgIpc) is 2.80. The highest BCUT2D eigenvalue weighted by molar-refractivity contribution is 5.74. The molecular formula is C25H36N4O3. The Morgan fingerprint density at radius 3 is 2.22 bits per heavy atom. The third-order valence-corrected chi connectivity index (χ3v) is 5.58. The maximum atomic E-state index is 12.4. The van der Waals surface area contributed by atoms with Crippen LogP contribution in [0.5, 0.6) is 0 Å². The number of urea groups is 1. The number of benzene rings is 2. The SMILES string of the molecule is Cc1ccc(CCCNC(=O)N2CCC(Nc3ccc(CCN)cc3)CC2)cc1.O=CO. The lowest BCUT2D eigenvalue weighted by Gasteiger charge is -2.33. The van der Waals surface area contributed by atoms with Crippen LogP contribution in [0, 0.1) is 6.92 Å². The van der Waals surface area contributed by atoms with E-state index in [2.05, 4.69) is 66.1 Å². The Kier molecular flexibility index (Phi) is 11.1. The lowest BCUT2D eigenvalue weighted by atomic mass is 10.0. The normalized spacial score (nSPS) is 13.6. The Morgan fingerprint density at radius 1 is 1.06 bits per heavy atom. The molecule has 1 fully saturated rings. The highest BCUT2D eigenvalue weighted by Crippen LogP contribution is 2.17. The molecule has 0 saturated carbocycles. The molecule has 32 heavy (non-hydrogen) atoms. The van der Waals surface area contributed by atoms with Crippen LogP contribution in [0.25, 0.3) is 0 Å². The zero-order valence-electron chi connectivity index (χ0n) is 18.9. The molecule has 0 radical (unpaired) electrons. The van der Waals surface area contributed by atoms with E-state index >= 15 is 0 Å². The quantitative estimate of drug-likeness (QED) is 0.372. The van der Waals surface area contributed by atoms with Gasteiger partial charge in [0.15, 0.2) is 0 Å². The predicted molar refractivity (Wildman–Crippen MR) is 129 cm³/mol. The Balaban J connectivity index is 0.00000114. The van der Waals surface area contributed by atoms with E-state index in [-0.39, 0.29) is 12.5 Å². The first-order valence-corrected chi connectivity index (χ1v) is 11.3. The molecule has 0 aliphatic carbocycles. The van der Waals surface area contributed by atoms with Crippen molar-refractivity contribution in [3.63, 3.8) is 0 Å². The van der Waals surface area contributed by atoms with Gasteiger partial charge in [0, 0.05) is 31.4 Å². The molecule has 1 aliphatic rings. The number of piperidine rings is 1. The van der Waals surface area contributed by atoms with E-state index in [9.17, 15) is 4.79 Å². The average molecular weight is 441 g/mol. The van der Waals surface area contributed by atoms with Gasteiger partial charge in [-0.25, -0.2) is 4.79 Å². The number of carbonyl (C=O) groups is 2. The first-order chi connectivity index (χ1) is 15.5. The van der Waals surface area contributed by atoms with Crippen molar-refractivity contribution in [2.24, 2.45) is 5.73 Å². The number of hydrogen-bond donors (Lipinski definition) is 4. The van der Waals surface area contributed by atoms with Crippen molar-refractivity contribution in [3.8, 4) is 0 Å². The molecule has 174 valence electrons. The summed E-state index contributed by atoms with van der Waals surface area (Å²) < 4.78 is 0. The standard InChI is InChI=1S/C24H34N4O.CH2O2/c1-19-4-6-20(7-5-19)3-2-16-26-24(29)28-17-13-23(14-18-28)27-22-10-8-21(9-11-22)12-15-25;2-1-3/h4-11,23,27H,2-3,12-18,25H2,1H3,(H,26,29);1H,(H,2,3). The molecule has 0 atom stereocenters. The second-order valence-corrected chi connectivity index (χ2v) is 8.07. The van der Waals surface area contributed by atoms with Crippen LogP contribution in [0.15, 0.2) is 48.5 Å². The number of carboxylic acid groups (broad SMARTS) is 1. The number of rotatable bonds is 8. The van der Waals surface area contributed by atoms with Crippen molar-refractivity contribution >= 4 is 18.2 Å². The summed E-state index contributed by atoms with van der Waals surface area (Å²) in [6.45, 7) is 4.85. The van der Waals surface area contributed by atoms with Crippen LogP contribution >= 0.6 is 0 Å². The Labute approximate surface area is 191 Å². The smallest absolute Gasteiger partial charge is 0.317 e. The number of anilines is 1. The molecule has 1 aliphatic heterocycles. The van der Waals surface area contributed by atoms with Crippen molar-refractivity contribution in [1.29, 1.82) is 0 Å². The third-order valence-electron chi connectivity index (χ3n) is 5.58. The summed E-state index contributed by atoms with van der Waals surface area (Å²) in [6.07, 6.45) is 4.82. The first-order valence-electron chi connectivity index (χ1n) is 11.3. The zero-order valence-corrected chi connectivity index (χ0v) is 18.9. The molecule has 2 amide bonds. The van der Waals surface area contributed by atoms with E-state index in [4.69, 9.17) is 15.6 Å². The lowest BCUT2D eigenvalue weighted by Crippen LogP contribution is -2.47. The molecule has 0 aromatic heterocycles. The molecule has 7 nitrogen and oxygen atoms in total. The van der Waals surface area contributed by atoms with Gasteiger partial charge < -0.3 is 26.4 Å². The van der Waals surface area contributed by atoms with Crippen LogP contribution in [0.3, 0.4) is 0 Å². The van der Waals surface area contributed by atoms with E-state index in [0.717, 1.165) is 57.4 Å². The minimum Gasteiger partial charge on any atom is -0.483 e. The summed E-state index contributed by atoms with van der Waals surface area (Å²) >= 11 is 0. The minimum absolute atomic E-state index is 0.0680. The molecule has 7 heteroatoms. The number of carbonyl (C=O) groups excluding carboxylic acids is 1. The van der Waals surface area contributed by atoms with Gasteiger partial charge in [0.05, 0.1) is 0 Å². The van der Waals surface area contributed by atoms with E-state index in [1.807, 2.05) is 4.90 Å². The lowest BCUT2D eigenvalue weighted by molar-refractivity contribution is -0.122.